The average molecular weight is 1040 g/mol. The molecule has 0 aliphatic carbocycles. The van der Waals surface area contributed by atoms with E-state index in [1.807, 2.05) is 46.9 Å². The van der Waals surface area contributed by atoms with E-state index in [1.165, 1.54) is 40.3 Å². The zero-order valence-corrected chi connectivity index (χ0v) is 42.9. The minimum atomic E-state index is 0.807. The van der Waals surface area contributed by atoms with Crippen LogP contribution in [-0.2, 0) is 0 Å². The Kier molecular flexibility index (Phi) is 8.61. The van der Waals surface area contributed by atoms with Crippen LogP contribution in [0.4, 0.5) is 34.1 Å². The quantitative estimate of drug-likeness (QED) is 0.165. The highest BCUT2D eigenvalue weighted by Crippen LogP contribution is 2.48. The third kappa shape index (κ3) is 6.12. The van der Waals surface area contributed by atoms with Crippen LogP contribution in [-0.4, -0.2) is 0 Å². The van der Waals surface area contributed by atoms with Crippen LogP contribution in [0.2, 0.25) is 0 Å². The molecule has 0 aliphatic rings. The van der Waals surface area contributed by atoms with Crippen LogP contribution in [0.25, 0.3) is 139 Å². The summed E-state index contributed by atoms with van der Waals surface area (Å²) >= 11 is 3.66. The van der Waals surface area contributed by atoms with Crippen molar-refractivity contribution in [3.05, 3.63) is 231 Å². The zero-order chi connectivity index (χ0) is 50.7. The summed E-state index contributed by atoms with van der Waals surface area (Å²) < 4.78 is 31.8. The molecule has 0 atom stereocenters. The van der Waals surface area contributed by atoms with Crippen molar-refractivity contribution in [1.29, 1.82) is 0 Å². The molecule has 0 unspecified atom stereocenters. The van der Waals surface area contributed by atoms with E-state index in [0.29, 0.717) is 0 Å². The highest BCUT2D eigenvalue weighted by Gasteiger charge is 2.23. The van der Waals surface area contributed by atoms with Crippen molar-refractivity contribution in [2.24, 2.45) is 0 Å². The van der Waals surface area contributed by atoms with Crippen molar-refractivity contribution < 1.29 is 17.7 Å². The van der Waals surface area contributed by atoms with Gasteiger partial charge in [0.2, 0.25) is 0 Å². The molecule has 0 saturated heterocycles. The lowest BCUT2D eigenvalue weighted by atomic mass is 10.0. The molecule has 8 heteroatoms. The molecule has 0 aliphatic heterocycles. The van der Waals surface area contributed by atoms with Gasteiger partial charge in [-0.25, -0.2) is 0 Å². The second kappa shape index (κ2) is 15.8. The molecule has 78 heavy (non-hydrogen) atoms. The number of nitrogens with zero attached hydrogens (tertiary/aromatic N) is 2. The van der Waals surface area contributed by atoms with Crippen LogP contribution in [0, 0.1) is 0 Å². The number of anilines is 6. The van der Waals surface area contributed by atoms with E-state index in [2.05, 4.69) is 216 Å². The number of rotatable bonds is 6. The van der Waals surface area contributed by atoms with Gasteiger partial charge in [0.05, 0.1) is 0 Å². The molecule has 0 amide bonds. The summed E-state index contributed by atoms with van der Waals surface area (Å²) in [6.07, 6.45) is 0. The topological polar surface area (TPSA) is 59.0 Å². The lowest BCUT2D eigenvalue weighted by Crippen LogP contribution is -2.09. The fourth-order valence-corrected chi connectivity index (χ4v) is 14.6. The largest absolute Gasteiger partial charge is 0.456 e. The monoisotopic (exact) mass is 1030 g/mol. The van der Waals surface area contributed by atoms with Crippen molar-refractivity contribution in [2.75, 3.05) is 9.80 Å². The Hall–Kier alpha value is -9.86. The van der Waals surface area contributed by atoms with Gasteiger partial charge in [0, 0.05) is 140 Å². The second-order valence-electron chi connectivity index (χ2n) is 20.3. The lowest BCUT2D eigenvalue weighted by Gasteiger charge is -2.25. The minimum Gasteiger partial charge on any atom is -0.456 e. The third-order valence-corrected chi connectivity index (χ3v) is 18.3. The number of thiophene rings is 2. The smallest absolute Gasteiger partial charge is 0.143 e. The van der Waals surface area contributed by atoms with E-state index in [0.717, 1.165) is 133 Å². The Morgan fingerprint density at radius 2 is 0.513 bits per heavy atom. The second-order valence-corrected chi connectivity index (χ2v) is 22.5. The van der Waals surface area contributed by atoms with E-state index in [4.69, 9.17) is 17.7 Å². The maximum absolute atomic E-state index is 7.04. The first kappa shape index (κ1) is 42.4. The Morgan fingerprint density at radius 3 is 0.974 bits per heavy atom. The van der Waals surface area contributed by atoms with Gasteiger partial charge in [0.1, 0.15) is 44.7 Å². The number of fused-ring (bicyclic) bond motifs is 21. The van der Waals surface area contributed by atoms with E-state index >= 15 is 0 Å². The van der Waals surface area contributed by atoms with Crippen molar-refractivity contribution in [2.45, 2.75) is 0 Å². The molecule has 6 nitrogen and oxygen atoms in total. The maximum atomic E-state index is 7.04. The van der Waals surface area contributed by atoms with Gasteiger partial charge in [0.25, 0.3) is 0 Å². The van der Waals surface area contributed by atoms with Gasteiger partial charge in [-0.2, -0.15) is 0 Å². The number of para-hydroxylation sites is 2. The predicted octanol–water partition coefficient (Wildman–Crippen LogP) is 22.1. The Labute approximate surface area is 450 Å². The number of hydrogen-bond donors (Lipinski definition) is 0. The lowest BCUT2D eigenvalue weighted by molar-refractivity contribution is 0.668. The first-order chi connectivity index (χ1) is 38.6. The van der Waals surface area contributed by atoms with Crippen molar-refractivity contribution in [3.8, 4) is 0 Å². The van der Waals surface area contributed by atoms with Crippen molar-refractivity contribution in [3.63, 3.8) is 0 Å². The zero-order valence-electron chi connectivity index (χ0n) is 41.3. The normalized spacial score (nSPS) is 12.4. The molecule has 18 aromatic rings. The van der Waals surface area contributed by atoms with Crippen LogP contribution < -0.4 is 9.80 Å². The highest BCUT2D eigenvalue weighted by molar-refractivity contribution is 7.26. The summed E-state index contributed by atoms with van der Waals surface area (Å²) in [5, 5.41) is 15.5. The standard InChI is InChI=1S/C70H38N2O4S2/c1-5-13-59-45(9-1)55-33-39(19-29-61(55)73-59)71(41-21-31-67-57(35-41)49-11-3-7-15-65(49)77-67)43-17-23-47-51-25-27-54-53(69(51)75-63(47)37-43)28-26-52-48-24-18-44(38-64(48)76-70(52)54)72(40-20-30-62-56(34-40)46-10-2-6-14-60(46)74-62)42-22-32-68-58(36-42)50-12-4-8-16-66(50)78-68/h1-38H. The van der Waals surface area contributed by atoms with Gasteiger partial charge in [-0.1, -0.05) is 72.8 Å². The summed E-state index contributed by atoms with van der Waals surface area (Å²) in [6.45, 7) is 0. The Morgan fingerprint density at radius 1 is 0.205 bits per heavy atom. The van der Waals surface area contributed by atoms with Gasteiger partial charge in [-0.05, 0) is 146 Å². The summed E-state index contributed by atoms with van der Waals surface area (Å²) in [4.78, 5) is 4.68. The van der Waals surface area contributed by atoms with Crippen LogP contribution in [0.3, 0.4) is 0 Å². The Balaban J connectivity index is 0.783. The maximum Gasteiger partial charge on any atom is 0.143 e. The molecule has 0 N–H and O–H groups in total. The summed E-state index contributed by atoms with van der Waals surface area (Å²) in [6, 6.07) is 82.5. The van der Waals surface area contributed by atoms with Crippen LogP contribution >= 0.6 is 22.7 Å². The summed E-state index contributed by atoms with van der Waals surface area (Å²) in [5.41, 5.74) is 12.9. The first-order valence-corrected chi connectivity index (χ1v) is 27.7. The number of benzene rings is 12. The molecular weight excluding hydrogens is 997 g/mol. The summed E-state index contributed by atoms with van der Waals surface area (Å²) in [5.74, 6) is 0. The minimum absolute atomic E-state index is 0.807. The molecule has 0 spiro atoms. The molecule has 0 saturated carbocycles. The highest BCUT2D eigenvalue weighted by atomic mass is 32.1. The van der Waals surface area contributed by atoms with Gasteiger partial charge in [-0.15, -0.1) is 22.7 Å². The van der Waals surface area contributed by atoms with Crippen LogP contribution in [0.5, 0.6) is 0 Å². The molecule has 18 rings (SSSR count). The number of furan rings is 4. The molecule has 6 heterocycles. The van der Waals surface area contributed by atoms with E-state index in [-0.39, 0.29) is 0 Å². The molecular formula is C70H38N2O4S2. The van der Waals surface area contributed by atoms with E-state index in [1.54, 1.807) is 0 Å². The van der Waals surface area contributed by atoms with E-state index < -0.39 is 0 Å². The predicted molar refractivity (Wildman–Crippen MR) is 328 cm³/mol. The number of hydrogen-bond acceptors (Lipinski definition) is 8. The van der Waals surface area contributed by atoms with Gasteiger partial charge >= 0.3 is 0 Å². The molecule has 6 aromatic heterocycles. The first-order valence-electron chi connectivity index (χ1n) is 26.1. The fraction of sp³-hybridized carbons (Fsp3) is 0. The van der Waals surface area contributed by atoms with Gasteiger partial charge < -0.3 is 27.5 Å². The average Bonchev–Trinajstić information content (AvgIpc) is 4.54. The van der Waals surface area contributed by atoms with Gasteiger partial charge in [-0.3, -0.25) is 0 Å². The third-order valence-electron chi connectivity index (χ3n) is 16.0. The van der Waals surface area contributed by atoms with Crippen LogP contribution in [0.15, 0.2) is 248 Å². The van der Waals surface area contributed by atoms with Crippen molar-refractivity contribution >= 4 is 196 Å². The molecule has 0 fully saturated rings. The molecule has 0 bridgehead atoms. The molecule has 364 valence electrons. The van der Waals surface area contributed by atoms with Crippen LogP contribution in [0.1, 0.15) is 0 Å². The van der Waals surface area contributed by atoms with Gasteiger partial charge in [0.15, 0.2) is 0 Å². The molecule has 12 aromatic carbocycles. The van der Waals surface area contributed by atoms with E-state index in [9.17, 15) is 0 Å². The SMILES string of the molecule is c1ccc2c(c1)oc1ccc(N(c3ccc4c(c3)oc3c4ccc4c3ccc3c5ccc(N(c6ccc7oc8ccccc8c7c6)c6ccc7sc8ccccc8c7c6)cc5oc34)c3ccc4sc5ccccc5c4c3)cc12. The van der Waals surface area contributed by atoms with Crippen molar-refractivity contribution in [1.82, 2.24) is 0 Å². The fourth-order valence-electron chi connectivity index (χ4n) is 12.4. The Bertz CT molecular complexity index is 5000. The summed E-state index contributed by atoms with van der Waals surface area (Å²) in [7, 11) is 0. The molecule has 0 radical (unpaired) electrons.